The van der Waals surface area contributed by atoms with E-state index in [9.17, 15) is 9.59 Å². The maximum absolute atomic E-state index is 12.0. The molecular weight excluding hydrogens is 344 g/mol. The van der Waals surface area contributed by atoms with Crippen LogP contribution >= 0.6 is 0 Å². The van der Waals surface area contributed by atoms with E-state index in [-0.39, 0.29) is 11.5 Å². The lowest BCUT2D eigenvalue weighted by atomic mass is 10.2. The lowest BCUT2D eigenvalue weighted by Gasteiger charge is -2.04. The van der Waals surface area contributed by atoms with E-state index < -0.39 is 5.97 Å². The highest BCUT2D eigenvalue weighted by molar-refractivity contribution is 5.91. The van der Waals surface area contributed by atoms with E-state index in [0.29, 0.717) is 23.4 Å². The molecule has 2 N–H and O–H groups in total. The number of H-pyrrole nitrogens is 1. The number of hydrogen-bond donors (Lipinski definition) is 2. The molecule has 0 amide bonds. The van der Waals surface area contributed by atoms with Gasteiger partial charge in [0, 0.05) is 11.8 Å². The number of aromatic nitrogens is 2. The van der Waals surface area contributed by atoms with Crippen LogP contribution in [0.2, 0.25) is 0 Å². The van der Waals surface area contributed by atoms with Crippen LogP contribution in [0.25, 0.3) is 0 Å². The number of aromatic amines is 1. The van der Waals surface area contributed by atoms with E-state index in [1.807, 2.05) is 13.0 Å². The van der Waals surface area contributed by atoms with Crippen molar-refractivity contribution in [3.05, 3.63) is 87.8 Å². The average Bonchev–Trinajstić information content (AvgIpc) is 2.69. The van der Waals surface area contributed by atoms with E-state index >= 15 is 0 Å². The van der Waals surface area contributed by atoms with Crippen LogP contribution in [0, 0.1) is 0 Å². The fourth-order valence-corrected chi connectivity index (χ4v) is 2.27. The van der Waals surface area contributed by atoms with Crippen molar-refractivity contribution in [2.45, 2.75) is 13.3 Å². The second-order valence-corrected chi connectivity index (χ2v) is 5.63. The number of ether oxygens (including phenoxy) is 1. The van der Waals surface area contributed by atoms with Gasteiger partial charge in [0.2, 0.25) is 5.95 Å². The first-order valence-electron chi connectivity index (χ1n) is 8.40. The number of nitrogens with one attached hydrogen (secondary N) is 2. The molecule has 3 rings (SSSR count). The van der Waals surface area contributed by atoms with Crippen molar-refractivity contribution in [3.63, 3.8) is 0 Å². The Kier molecular flexibility index (Phi) is 5.73. The summed E-state index contributed by atoms with van der Waals surface area (Å²) in [6.45, 7) is 1.92. The summed E-state index contributed by atoms with van der Waals surface area (Å²) in [6, 6.07) is 17.1. The van der Waals surface area contributed by atoms with E-state index in [1.165, 1.54) is 6.07 Å². The molecule has 0 saturated carbocycles. The maximum atomic E-state index is 12.0. The molecule has 0 unspecified atom stereocenters. The number of nitrogens with zero attached hydrogens (tertiary/aromatic N) is 2. The smallest absolute Gasteiger partial charge is 0.343 e. The molecule has 0 radical (unpaired) electrons. The third-order valence-corrected chi connectivity index (χ3v) is 3.64. The highest BCUT2D eigenvalue weighted by atomic mass is 16.5. The third-order valence-electron chi connectivity index (χ3n) is 3.64. The number of hydrogen-bond acceptors (Lipinski definition) is 6. The monoisotopic (exact) mass is 362 g/mol. The Morgan fingerprint density at radius 2 is 1.93 bits per heavy atom. The first-order valence-corrected chi connectivity index (χ1v) is 8.40. The highest BCUT2D eigenvalue weighted by Gasteiger charge is 2.07. The quantitative estimate of drug-likeness (QED) is 0.304. The second-order valence-electron chi connectivity index (χ2n) is 5.63. The summed E-state index contributed by atoms with van der Waals surface area (Å²) in [5, 5.41) is 4.05. The molecule has 0 spiro atoms. The standard InChI is InChI=1S/C20H18N4O3/c1-2-16-12-18(25)23-20(22-16)24-21-13-14-8-10-17(11-9-14)27-19(26)15-6-4-3-5-7-15/h3-13H,2H2,1H3,(H2,22,23,24,25)/b21-13-. The summed E-state index contributed by atoms with van der Waals surface area (Å²) >= 11 is 0. The fraction of sp³-hybridized carbons (Fsp3) is 0.100. The van der Waals surface area contributed by atoms with E-state index in [4.69, 9.17) is 4.74 Å². The van der Waals surface area contributed by atoms with Crippen LogP contribution in [0.5, 0.6) is 5.75 Å². The summed E-state index contributed by atoms with van der Waals surface area (Å²) in [4.78, 5) is 30.3. The van der Waals surface area contributed by atoms with Gasteiger partial charge in [0.15, 0.2) is 0 Å². The van der Waals surface area contributed by atoms with E-state index in [1.54, 1.807) is 54.7 Å². The molecule has 0 atom stereocenters. The Hall–Kier alpha value is -3.74. The van der Waals surface area contributed by atoms with Gasteiger partial charge < -0.3 is 4.74 Å². The zero-order valence-electron chi connectivity index (χ0n) is 14.7. The predicted molar refractivity (Wildman–Crippen MR) is 103 cm³/mol. The molecule has 0 aliphatic heterocycles. The zero-order chi connectivity index (χ0) is 19.1. The van der Waals surface area contributed by atoms with Gasteiger partial charge in [-0.1, -0.05) is 25.1 Å². The number of benzene rings is 2. The predicted octanol–water partition coefficient (Wildman–Crippen LogP) is 3.00. The first kappa shape index (κ1) is 18.1. The molecule has 1 aromatic heterocycles. The van der Waals surface area contributed by atoms with Crippen LogP contribution in [-0.4, -0.2) is 22.2 Å². The number of hydrazone groups is 1. The van der Waals surface area contributed by atoms with Gasteiger partial charge in [-0.3, -0.25) is 9.78 Å². The number of rotatable bonds is 6. The van der Waals surface area contributed by atoms with E-state index in [2.05, 4.69) is 20.5 Å². The summed E-state index contributed by atoms with van der Waals surface area (Å²) in [6.07, 6.45) is 2.23. The zero-order valence-corrected chi connectivity index (χ0v) is 14.7. The highest BCUT2D eigenvalue weighted by Crippen LogP contribution is 2.13. The van der Waals surface area contributed by atoms with Crippen LogP contribution in [0.1, 0.15) is 28.5 Å². The molecule has 0 aliphatic rings. The minimum absolute atomic E-state index is 0.232. The molecule has 136 valence electrons. The molecule has 7 heteroatoms. The Labute approximate surface area is 155 Å². The second kappa shape index (κ2) is 8.57. The summed E-state index contributed by atoms with van der Waals surface area (Å²) < 4.78 is 5.32. The van der Waals surface area contributed by atoms with Gasteiger partial charge in [0.1, 0.15) is 5.75 Å². The SMILES string of the molecule is CCc1cc(=O)[nH]c(N/N=C\c2ccc(OC(=O)c3ccccc3)cc2)n1. The van der Waals surface area contributed by atoms with Crippen molar-refractivity contribution in [2.75, 3.05) is 5.43 Å². The first-order chi connectivity index (χ1) is 13.1. The molecule has 0 saturated heterocycles. The number of esters is 1. The largest absolute Gasteiger partial charge is 0.423 e. The van der Waals surface area contributed by atoms with Gasteiger partial charge >= 0.3 is 5.97 Å². The maximum Gasteiger partial charge on any atom is 0.343 e. The Balaban J connectivity index is 1.60. The van der Waals surface area contributed by atoms with Crippen LogP contribution in [-0.2, 0) is 6.42 Å². The summed E-state index contributed by atoms with van der Waals surface area (Å²) in [5.74, 6) is 0.309. The van der Waals surface area contributed by atoms with Crippen LogP contribution in [0.15, 0.2) is 70.6 Å². The van der Waals surface area contributed by atoms with Gasteiger partial charge in [0.25, 0.3) is 5.56 Å². The number of carbonyl (C=O) groups is 1. The van der Waals surface area contributed by atoms with Crippen molar-refractivity contribution >= 4 is 18.1 Å². The number of aryl methyl sites for hydroxylation is 1. The Bertz CT molecular complexity index is 996. The minimum Gasteiger partial charge on any atom is -0.423 e. The molecule has 0 fully saturated rings. The molecule has 0 aliphatic carbocycles. The van der Waals surface area contributed by atoms with Crippen LogP contribution in [0.3, 0.4) is 0 Å². The molecule has 7 nitrogen and oxygen atoms in total. The van der Waals surface area contributed by atoms with Crippen molar-refractivity contribution in [2.24, 2.45) is 5.10 Å². The number of anilines is 1. The Morgan fingerprint density at radius 3 is 2.63 bits per heavy atom. The lowest BCUT2D eigenvalue weighted by molar-refractivity contribution is 0.0735. The normalized spacial score (nSPS) is 10.7. The summed E-state index contributed by atoms with van der Waals surface area (Å²) in [7, 11) is 0. The van der Waals surface area contributed by atoms with Crippen molar-refractivity contribution in [1.29, 1.82) is 0 Å². The summed E-state index contributed by atoms with van der Waals surface area (Å²) in [5.41, 5.74) is 4.42. The van der Waals surface area contributed by atoms with Crippen LogP contribution < -0.4 is 15.7 Å². The van der Waals surface area contributed by atoms with Crippen molar-refractivity contribution in [1.82, 2.24) is 9.97 Å². The van der Waals surface area contributed by atoms with E-state index in [0.717, 1.165) is 5.56 Å². The van der Waals surface area contributed by atoms with Gasteiger partial charge in [-0.15, -0.1) is 0 Å². The number of carbonyl (C=O) groups excluding carboxylic acids is 1. The van der Waals surface area contributed by atoms with Crippen molar-refractivity contribution in [3.8, 4) is 5.75 Å². The lowest BCUT2D eigenvalue weighted by Crippen LogP contribution is -2.11. The molecule has 27 heavy (non-hydrogen) atoms. The van der Waals surface area contributed by atoms with Gasteiger partial charge in [-0.2, -0.15) is 5.10 Å². The minimum atomic E-state index is -0.412. The fourth-order valence-electron chi connectivity index (χ4n) is 2.27. The molecule has 0 bridgehead atoms. The van der Waals surface area contributed by atoms with Gasteiger partial charge in [0.05, 0.1) is 11.8 Å². The Morgan fingerprint density at radius 1 is 1.19 bits per heavy atom. The molecule has 2 aromatic carbocycles. The van der Waals surface area contributed by atoms with Crippen LogP contribution in [0.4, 0.5) is 5.95 Å². The molecular formula is C20H18N4O3. The van der Waals surface area contributed by atoms with Gasteiger partial charge in [-0.05, 0) is 48.4 Å². The third kappa shape index (κ3) is 5.12. The van der Waals surface area contributed by atoms with Crippen molar-refractivity contribution < 1.29 is 9.53 Å². The topological polar surface area (TPSA) is 96.4 Å². The molecule has 1 heterocycles. The average molecular weight is 362 g/mol. The van der Waals surface area contributed by atoms with Gasteiger partial charge in [-0.25, -0.2) is 15.2 Å². The molecule has 3 aromatic rings.